The normalized spacial score (nSPS) is 12.3. The van der Waals surface area contributed by atoms with Gasteiger partial charge in [0.25, 0.3) is 0 Å². The fraction of sp³-hybridized carbons (Fsp3) is 0.533. The van der Waals surface area contributed by atoms with Crippen molar-refractivity contribution in [2.24, 2.45) is 0 Å². The van der Waals surface area contributed by atoms with Crippen LogP contribution in [0.15, 0.2) is 24.3 Å². The van der Waals surface area contributed by atoms with Crippen molar-refractivity contribution in [3.63, 3.8) is 0 Å². The highest BCUT2D eigenvalue weighted by atomic mass is 32.2. The second-order valence-corrected chi connectivity index (χ2v) is 6.46. The van der Waals surface area contributed by atoms with Gasteiger partial charge in [0.1, 0.15) is 0 Å². The standard InChI is InChI=1S/C15H20F3NOS/c1-4-14(2,3)19-13(20)10-21-9-11-5-7-12(8-6-11)15(16,17)18/h5-8H,4,9-10H2,1-3H3,(H,19,20). The highest BCUT2D eigenvalue weighted by Gasteiger charge is 2.29. The summed E-state index contributed by atoms with van der Waals surface area (Å²) >= 11 is 1.39. The summed E-state index contributed by atoms with van der Waals surface area (Å²) in [4.78, 5) is 11.7. The lowest BCUT2D eigenvalue weighted by Crippen LogP contribution is -2.43. The fourth-order valence-electron chi connectivity index (χ4n) is 1.55. The molecule has 6 heteroatoms. The molecule has 0 aromatic heterocycles. The van der Waals surface area contributed by atoms with Crippen molar-refractivity contribution in [2.45, 2.75) is 44.7 Å². The van der Waals surface area contributed by atoms with E-state index in [1.807, 2.05) is 20.8 Å². The summed E-state index contributed by atoms with van der Waals surface area (Å²) in [6.45, 7) is 5.90. The molecular formula is C15H20F3NOS. The fourth-order valence-corrected chi connectivity index (χ4v) is 2.34. The summed E-state index contributed by atoms with van der Waals surface area (Å²) in [5.74, 6) is 0.751. The third-order valence-corrected chi connectivity index (χ3v) is 4.15. The number of nitrogens with one attached hydrogen (secondary N) is 1. The number of carbonyl (C=O) groups is 1. The van der Waals surface area contributed by atoms with Crippen molar-refractivity contribution < 1.29 is 18.0 Å². The Morgan fingerprint density at radius 1 is 1.19 bits per heavy atom. The van der Waals surface area contributed by atoms with Crippen LogP contribution in [-0.2, 0) is 16.7 Å². The Labute approximate surface area is 127 Å². The van der Waals surface area contributed by atoms with Gasteiger partial charge >= 0.3 is 6.18 Å². The van der Waals surface area contributed by atoms with Crippen molar-refractivity contribution in [3.8, 4) is 0 Å². The van der Waals surface area contributed by atoms with Gasteiger partial charge in [-0.25, -0.2) is 0 Å². The lowest BCUT2D eigenvalue weighted by atomic mass is 10.0. The minimum Gasteiger partial charge on any atom is -0.351 e. The van der Waals surface area contributed by atoms with E-state index in [1.165, 1.54) is 23.9 Å². The Morgan fingerprint density at radius 3 is 2.24 bits per heavy atom. The molecule has 0 saturated heterocycles. The average molecular weight is 319 g/mol. The van der Waals surface area contributed by atoms with Crippen LogP contribution in [-0.4, -0.2) is 17.2 Å². The SMILES string of the molecule is CCC(C)(C)NC(=O)CSCc1ccc(C(F)(F)F)cc1. The highest BCUT2D eigenvalue weighted by molar-refractivity contribution is 7.99. The average Bonchev–Trinajstić information content (AvgIpc) is 2.37. The van der Waals surface area contributed by atoms with Crippen LogP contribution in [0, 0.1) is 0 Å². The molecule has 0 aliphatic rings. The maximum atomic E-state index is 12.4. The van der Waals surface area contributed by atoms with Crippen LogP contribution in [0.3, 0.4) is 0 Å². The Hall–Kier alpha value is -1.17. The number of hydrogen-bond acceptors (Lipinski definition) is 2. The maximum absolute atomic E-state index is 12.4. The molecule has 0 aliphatic carbocycles. The molecule has 0 heterocycles. The largest absolute Gasteiger partial charge is 0.416 e. The molecule has 1 aromatic carbocycles. The molecule has 21 heavy (non-hydrogen) atoms. The Bertz CT molecular complexity index is 469. The Kier molecular flexibility index (Phi) is 6.13. The van der Waals surface area contributed by atoms with Gasteiger partial charge in [-0.2, -0.15) is 13.2 Å². The molecular weight excluding hydrogens is 299 g/mol. The monoisotopic (exact) mass is 319 g/mol. The predicted octanol–water partition coefficient (Wildman–Crippen LogP) is 4.24. The zero-order valence-electron chi connectivity index (χ0n) is 12.4. The van der Waals surface area contributed by atoms with E-state index in [1.54, 1.807) is 0 Å². The van der Waals surface area contributed by atoms with E-state index in [4.69, 9.17) is 0 Å². The van der Waals surface area contributed by atoms with Crippen molar-refractivity contribution in [3.05, 3.63) is 35.4 Å². The second-order valence-electron chi connectivity index (χ2n) is 5.47. The van der Waals surface area contributed by atoms with Crippen molar-refractivity contribution in [1.82, 2.24) is 5.32 Å². The van der Waals surface area contributed by atoms with Gasteiger partial charge < -0.3 is 5.32 Å². The number of benzene rings is 1. The van der Waals surface area contributed by atoms with E-state index < -0.39 is 11.7 Å². The summed E-state index contributed by atoms with van der Waals surface area (Å²) in [5, 5.41) is 2.91. The summed E-state index contributed by atoms with van der Waals surface area (Å²) < 4.78 is 37.2. The molecule has 0 unspecified atom stereocenters. The first-order chi connectivity index (χ1) is 9.64. The third-order valence-electron chi connectivity index (χ3n) is 3.14. The van der Waals surface area contributed by atoms with E-state index in [0.29, 0.717) is 11.5 Å². The van der Waals surface area contributed by atoms with E-state index in [2.05, 4.69) is 5.32 Å². The zero-order chi connectivity index (χ0) is 16.1. The number of carbonyl (C=O) groups excluding carboxylic acids is 1. The van der Waals surface area contributed by atoms with Crippen LogP contribution in [0.1, 0.15) is 38.3 Å². The highest BCUT2D eigenvalue weighted by Crippen LogP contribution is 2.29. The minimum absolute atomic E-state index is 0.0567. The molecule has 0 saturated carbocycles. The number of rotatable bonds is 6. The second kappa shape index (κ2) is 7.20. The number of halogens is 3. The summed E-state index contributed by atoms with van der Waals surface area (Å²) in [6, 6.07) is 5.03. The third kappa shape index (κ3) is 6.42. The molecule has 0 bridgehead atoms. The Balaban J connectivity index is 2.41. The van der Waals surface area contributed by atoms with Crippen molar-refractivity contribution in [1.29, 1.82) is 0 Å². The first-order valence-electron chi connectivity index (χ1n) is 6.69. The van der Waals surface area contributed by atoms with Crippen LogP contribution >= 0.6 is 11.8 Å². The van der Waals surface area contributed by atoms with Gasteiger partial charge in [-0.1, -0.05) is 19.1 Å². The van der Waals surface area contributed by atoms with Crippen LogP contribution in [0.4, 0.5) is 13.2 Å². The molecule has 1 amide bonds. The number of thioether (sulfide) groups is 1. The van der Waals surface area contributed by atoms with E-state index in [-0.39, 0.29) is 11.4 Å². The summed E-state index contributed by atoms with van der Waals surface area (Å²) in [7, 11) is 0. The van der Waals surface area contributed by atoms with Gasteiger partial charge in [0.2, 0.25) is 5.91 Å². The smallest absolute Gasteiger partial charge is 0.351 e. The van der Waals surface area contributed by atoms with Crippen LogP contribution in [0.5, 0.6) is 0 Å². The lowest BCUT2D eigenvalue weighted by Gasteiger charge is -2.24. The molecule has 1 rings (SSSR count). The van der Waals surface area contributed by atoms with E-state index in [9.17, 15) is 18.0 Å². The van der Waals surface area contributed by atoms with Gasteiger partial charge in [0.05, 0.1) is 11.3 Å². The predicted molar refractivity (Wildman–Crippen MR) is 80.1 cm³/mol. The van der Waals surface area contributed by atoms with Gasteiger partial charge in [-0.3, -0.25) is 4.79 Å². The van der Waals surface area contributed by atoms with Gasteiger partial charge in [-0.15, -0.1) is 11.8 Å². The molecule has 1 aromatic rings. The van der Waals surface area contributed by atoms with Crippen LogP contribution in [0.25, 0.3) is 0 Å². The number of alkyl halides is 3. The van der Waals surface area contributed by atoms with Gasteiger partial charge in [0, 0.05) is 11.3 Å². The molecule has 0 atom stereocenters. The zero-order valence-corrected chi connectivity index (χ0v) is 13.2. The van der Waals surface area contributed by atoms with Crippen LogP contribution in [0.2, 0.25) is 0 Å². The Morgan fingerprint density at radius 2 is 1.76 bits per heavy atom. The quantitative estimate of drug-likeness (QED) is 0.849. The molecule has 1 N–H and O–H groups in total. The molecule has 118 valence electrons. The number of hydrogen-bond donors (Lipinski definition) is 1. The minimum atomic E-state index is -4.31. The van der Waals surface area contributed by atoms with E-state index >= 15 is 0 Å². The van der Waals surface area contributed by atoms with Crippen molar-refractivity contribution >= 4 is 17.7 Å². The number of amides is 1. The molecule has 0 radical (unpaired) electrons. The first-order valence-corrected chi connectivity index (χ1v) is 7.84. The lowest BCUT2D eigenvalue weighted by molar-refractivity contribution is -0.137. The topological polar surface area (TPSA) is 29.1 Å². The molecule has 0 aliphatic heterocycles. The summed E-state index contributed by atoms with van der Waals surface area (Å²) in [6.07, 6.45) is -3.47. The van der Waals surface area contributed by atoms with E-state index in [0.717, 1.165) is 24.1 Å². The maximum Gasteiger partial charge on any atom is 0.416 e. The first kappa shape index (κ1) is 17.9. The van der Waals surface area contributed by atoms with Crippen molar-refractivity contribution in [2.75, 3.05) is 5.75 Å². The molecule has 0 spiro atoms. The van der Waals surface area contributed by atoms with Gasteiger partial charge in [0.15, 0.2) is 0 Å². The molecule has 2 nitrogen and oxygen atoms in total. The summed E-state index contributed by atoms with van der Waals surface area (Å²) in [5.41, 5.74) is -0.110. The molecule has 0 fully saturated rings. The van der Waals surface area contributed by atoms with Gasteiger partial charge in [-0.05, 0) is 38.0 Å². The van der Waals surface area contributed by atoms with Crippen LogP contribution < -0.4 is 5.32 Å².